The maximum absolute atomic E-state index is 12.3. The molecule has 0 radical (unpaired) electrons. The van der Waals surface area contributed by atoms with Gasteiger partial charge < -0.3 is 10.4 Å². The van der Waals surface area contributed by atoms with Crippen molar-refractivity contribution in [3.63, 3.8) is 0 Å². The van der Waals surface area contributed by atoms with Gasteiger partial charge in [0, 0.05) is 13.0 Å². The quantitative estimate of drug-likeness (QED) is 0.395. The summed E-state index contributed by atoms with van der Waals surface area (Å²) in [5.41, 5.74) is 0.604. The molecule has 0 aromatic carbocycles. The highest BCUT2D eigenvalue weighted by Gasteiger charge is 2.64. The molecule has 4 aliphatic carbocycles. The molecule has 0 bridgehead atoms. The molecule has 1 amide bonds. The smallest absolute Gasteiger partial charge is 0.266 e. The van der Waals surface area contributed by atoms with Crippen LogP contribution in [0.15, 0.2) is 0 Å². The van der Waals surface area contributed by atoms with Crippen LogP contribution in [0.25, 0.3) is 0 Å². The highest BCUT2D eigenvalue weighted by molar-refractivity contribution is 7.85. The Bertz CT molecular complexity index is 877. The van der Waals surface area contributed by atoms with Gasteiger partial charge in [0.25, 0.3) is 10.1 Å². The average molecular weight is 512 g/mol. The maximum Gasteiger partial charge on any atom is 0.266 e. The van der Waals surface area contributed by atoms with E-state index < -0.39 is 15.9 Å². The molecule has 0 unspecified atom stereocenters. The lowest BCUT2D eigenvalue weighted by Gasteiger charge is -2.64. The minimum Gasteiger partial charge on any atom is -0.393 e. The summed E-state index contributed by atoms with van der Waals surface area (Å²) in [5.74, 6) is 3.13. The van der Waals surface area contributed by atoms with Gasteiger partial charge >= 0.3 is 0 Å². The zero-order chi connectivity index (χ0) is 25.6. The van der Waals surface area contributed by atoms with E-state index in [2.05, 4.69) is 33.0 Å². The van der Waals surface area contributed by atoms with Crippen molar-refractivity contribution >= 4 is 16.0 Å². The first-order chi connectivity index (χ1) is 16.4. The summed E-state index contributed by atoms with van der Waals surface area (Å²) < 4.78 is 30.6. The summed E-state index contributed by atoms with van der Waals surface area (Å²) in [5, 5.41) is 14.4. The van der Waals surface area contributed by atoms with E-state index in [0.717, 1.165) is 12.8 Å². The predicted octanol–water partition coefficient (Wildman–Crippen LogP) is 5.06. The molecule has 7 heteroatoms. The molecule has 6 nitrogen and oxygen atoms in total. The molecule has 4 fully saturated rings. The molecule has 35 heavy (non-hydrogen) atoms. The summed E-state index contributed by atoms with van der Waals surface area (Å²) in [6.07, 6.45) is 12.2. The maximum atomic E-state index is 12.3. The van der Waals surface area contributed by atoms with Gasteiger partial charge in [-0.05, 0) is 97.2 Å². The summed E-state index contributed by atoms with van der Waals surface area (Å²) >= 11 is 0. The van der Waals surface area contributed by atoms with E-state index in [0.29, 0.717) is 53.3 Å². The third-order valence-electron chi connectivity index (χ3n) is 11.6. The zero-order valence-electron chi connectivity index (χ0n) is 22.3. The largest absolute Gasteiger partial charge is 0.393 e. The molecule has 4 rings (SSSR count). The lowest BCUT2D eigenvalue weighted by molar-refractivity contribution is -0.194. The average Bonchev–Trinajstić information content (AvgIpc) is 3.14. The fourth-order valence-corrected chi connectivity index (χ4v) is 10.3. The van der Waals surface area contributed by atoms with Crippen LogP contribution in [0.4, 0.5) is 0 Å². The molecular formula is C28H49NO5S. The monoisotopic (exact) mass is 511 g/mol. The van der Waals surface area contributed by atoms with Crippen LogP contribution in [0.5, 0.6) is 0 Å². The second kappa shape index (κ2) is 10.2. The third kappa shape index (κ3) is 5.07. The lowest BCUT2D eigenvalue weighted by Crippen LogP contribution is -2.61. The molecular weight excluding hydrogens is 462 g/mol. The molecule has 0 heterocycles. The number of hydrogen-bond donors (Lipinski definition) is 3. The van der Waals surface area contributed by atoms with Crippen molar-refractivity contribution in [1.29, 1.82) is 0 Å². The number of hydrogen-bond acceptors (Lipinski definition) is 4. The van der Waals surface area contributed by atoms with Gasteiger partial charge in [0.05, 0.1) is 11.9 Å². The highest BCUT2D eigenvalue weighted by Crippen LogP contribution is 2.69. The van der Waals surface area contributed by atoms with Crippen LogP contribution in [0.2, 0.25) is 0 Å². The fraction of sp³-hybridized carbons (Fsp3) is 0.964. The lowest BCUT2D eigenvalue weighted by atomic mass is 9.41. The standard InChI is InChI=1S/C28H49NO5S/c1-5-19-21-8-6-7-14-27(21,3)23-13-15-28(4)20(10-11-22(28)25(23)26(19)31)18(2)9-12-24(30)29-16-17-35(32,33)34/h18-23,25-26,31H,5-17H2,1-4H3,(H,29,30)(H,32,33,34)/t18-,19-,20-,21+,22+,23+,25+,26-,27+,28-/m1/s1. The van der Waals surface area contributed by atoms with E-state index in [9.17, 15) is 18.3 Å². The first-order valence-corrected chi connectivity index (χ1v) is 15.9. The van der Waals surface area contributed by atoms with Gasteiger partial charge in [0.15, 0.2) is 0 Å². The Morgan fingerprint density at radius 1 is 1.03 bits per heavy atom. The van der Waals surface area contributed by atoms with Crippen LogP contribution in [-0.4, -0.2) is 42.4 Å². The highest BCUT2D eigenvalue weighted by atomic mass is 32.2. The van der Waals surface area contributed by atoms with Crippen molar-refractivity contribution in [2.75, 3.05) is 12.3 Å². The number of aliphatic hydroxyl groups is 1. The number of rotatable bonds is 8. The number of amides is 1. The van der Waals surface area contributed by atoms with E-state index >= 15 is 0 Å². The number of carbonyl (C=O) groups is 1. The van der Waals surface area contributed by atoms with Crippen molar-refractivity contribution in [2.24, 2.45) is 52.3 Å². The molecule has 0 aliphatic heterocycles. The van der Waals surface area contributed by atoms with Crippen LogP contribution in [0.1, 0.15) is 98.3 Å². The van der Waals surface area contributed by atoms with E-state index in [1.165, 1.54) is 51.4 Å². The van der Waals surface area contributed by atoms with Crippen molar-refractivity contribution in [1.82, 2.24) is 5.32 Å². The van der Waals surface area contributed by atoms with Gasteiger partial charge in [-0.15, -0.1) is 0 Å². The van der Waals surface area contributed by atoms with E-state index in [4.69, 9.17) is 4.55 Å². The Hall–Kier alpha value is -0.660. The van der Waals surface area contributed by atoms with Crippen LogP contribution < -0.4 is 5.32 Å². The molecule has 202 valence electrons. The summed E-state index contributed by atoms with van der Waals surface area (Å²) in [7, 11) is -4.05. The van der Waals surface area contributed by atoms with E-state index in [1.54, 1.807) is 0 Å². The van der Waals surface area contributed by atoms with Gasteiger partial charge in [-0.25, -0.2) is 0 Å². The van der Waals surface area contributed by atoms with Crippen molar-refractivity contribution in [3.8, 4) is 0 Å². The molecule has 3 N–H and O–H groups in total. The second-order valence-corrected chi connectivity index (χ2v) is 14.7. The molecule has 0 saturated heterocycles. The summed E-state index contributed by atoms with van der Waals surface area (Å²) in [6, 6.07) is 0. The molecule has 10 atom stereocenters. The van der Waals surface area contributed by atoms with Gasteiger partial charge in [0.1, 0.15) is 0 Å². The molecule has 0 spiro atoms. The Morgan fingerprint density at radius 3 is 2.43 bits per heavy atom. The van der Waals surface area contributed by atoms with Gasteiger partial charge in [0.2, 0.25) is 5.91 Å². The molecule has 4 saturated carbocycles. The number of nitrogens with one attached hydrogen (secondary N) is 1. The third-order valence-corrected chi connectivity index (χ3v) is 12.3. The SMILES string of the molecule is CC[C@H]1[C@@H](O)[C@@H]2[C@H](CC[C@]3(C)[C@@H]([C@H](C)CCC(=O)NCCS(=O)(=O)O)CC[C@@H]23)[C@@]2(C)CCCC[C@@H]12. The Labute approximate surface area is 213 Å². The molecule has 4 aliphatic rings. The predicted molar refractivity (Wildman–Crippen MR) is 138 cm³/mol. The van der Waals surface area contributed by atoms with Gasteiger partial charge in [-0.1, -0.05) is 47.0 Å². The van der Waals surface area contributed by atoms with Crippen LogP contribution in [0, 0.1) is 52.3 Å². The first kappa shape index (κ1) is 27.4. The van der Waals surface area contributed by atoms with Gasteiger partial charge in [-0.3, -0.25) is 9.35 Å². The minimum atomic E-state index is -4.05. The first-order valence-electron chi connectivity index (χ1n) is 14.3. The van der Waals surface area contributed by atoms with E-state index in [1.807, 2.05) is 0 Å². The normalized spacial score (nSPS) is 44.1. The molecule has 0 aromatic heterocycles. The van der Waals surface area contributed by atoms with Crippen molar-refractivity contribution in [3.05, 3.63) is 0 Å². The number of carbonyl (C=O) groups excluding carboxylic acids is 1. The Kier molecular flexibility index (Phi) is 8.01. The Morgan fingerprint density at radius 2 is 1.74 bits per heavy atom. The van der Waals surface area contributed by atoms with Crippen molar-refractivity contribution in [2.45, 2.75) is 104 Å². The Balaban J connectivity index is 1.43. The van der Waals surface area contributed by atoms with Gasteiger partial charge in [-0.2, -0.15) is 8.42 Å². The summed E-state index contributed by atoms with van der Waals surface area (Å²) in [4.78, 5) is 12.3. The summed E-state index contributed by atoms with van der Waals surface area (Å²) in [6.45, 7) is 9.57. The topological polar surface area (TPSA) is 104 Å². The fourth-order valence-electron chi connectivity index (χ4n) is 9.98. The number of fused-ring (bicyclic) bond motifs is 5. The van der Waals surface area contributed by atoms with Crippen LogP contribution in [-0.2, 0) is 14.9 Å². The zero-order valence-corrected chi connectivity index (χ0v) is 23.2. The van der Waals surface area contributed by atoms with Crippen LogP contribution >= 0.6 is 0 Å². The van der Waals surface area contributed by atoms with Crippen molar-refractivity contribution < 1.29 is 22.9 Å². The van der Waals surface area contributed by atoms with Crippen LogP contribution in [0.3, 0.4) is 0 Å². The number of aliphatic hydroxyl groups excluding tert-OH is 1. The minimum absolute atomic E-state index is 0.0470. The second-order valence-electron chi connectivity index (χ2n) is 13.1. The van der Waals surface area contributed by atoms with E-state index in [-0.39, 0.29) is 24.0 Å². The molecule has 0 aromatic rings.